The quantitative estimate of drug-likeness (QED) is 0.682. The predicted molar refractivity (Wildman–Crippen MR) is 109 cm³/mol. The van der Waals surface area contributed by atoms with E-state index in [1.165, 1.54) is 12.1 Å². The molecule has 1 aliphatic heterocycles. The Morgan fingerprint density at radius 1 is 1.26 bits per heavy atom. The molecule has 1 saturated carbocycles. The lowest BCUT2D eigenvalue weighted by Crippen LogP contribution is -2.46. The minimum Gasteiger partial charge on any atom is -0.384 e. The van der Waals surface area contributed by atoms with E-state index in [9.17, 15) is 22.8 Å². The number of carbonyl (C=O) groups excluding carboxylic acids is 2. The summed E-state index contributed by atoms with van der Waals surface area (Å²) in [4.78, 5) is 27.1. The fourth-order valence-corrected chi connectivity index (χ4v) is 4.84. The molecule has 1 heterocycles. The zero-order valence-corrected chi connectivity index (χ0v) is 18.0. The minimum atomic E-state index is -4.53. The molecule has 4 atom stereocenters. The van der Waals surface area contributed by atoms with Crippen molar-refractivity contribution >= 4 is 11.8 Å². The van der Waals surface area contributed by atoms with Crippen molar-refractivity contribution in [3.05, 3.63) is 35.4 Å². The first kappa shape index (κ1) is 23.5. The maximum Gasteiger partial charge on any atom is 0.416 e. The molecule has 4 unspecified atom stereocenters. The third kappa shape index (κ3) is 5.57. The van der Waals surface area contributed by atoms with Crippen molar-refractivity contribution < 1.29 is 27.5 Å². The number of carbonyl (C=O) groups is 2. The fraction of sp³-hybridized carbons (Fsp3) is 0.636. The van der Waals surface area contributed by atoms with Gasteiger partial charge in [-0.15, -0.1) is 0 Å². The summed E-state index contributed by atoms with van der Waals surface area (Å²) in [5.74, 6) is 0.0689. The number of nitrogens with zero attached hydrogens (tertiary/aromatic N) is 1. The van der Waals surface area contributed by atoms with Crippen LogP contribution in [0.25, 0.3) is 0 Å². The van der Waals surface area contributed by atoms with Crippen LogP contribution in [0.2, 0.25) is 0 Å². The molecular weight excluding hydrogens is 411 g/mol. The van der Waals surface area contributed by atoms with Gasteiger partial charge in [0.05, 0.1) is 18.7 Å². The number of fused-ring (bicyclic) bond motifs is 1. The lowest BCUT2D eigenvalue weighted by molar-refractivity contribution is -0.137. The average Bonchev–Trinajstić information content (AvgIpc) is 3.25. The molecule has 0 aromatic heterocycles. The predicted octanol–water partition coefficient (Wildman–Crippen LogP) is 2.54. The fourth-order valence-electron chi connectivity index (χ4n) is 4.84. The third-order valence-electron chi connectivity index (χ3n) is 6.44. The van der Waals surface area contributed by atoms with Crippen molar-refractivity contribution in [3.63, 3.8) is 0 Å². The molecule has 2 N–H and O–H groups in total. The number of alkyl halides is 3. The molecule has 0 bridgehead atoms. The number of nitrogens with one attached hydrogen (secondary N) is 2. The van der Waals surface area contributed by atoms with Gasteiger partial charge in [-0.1, -0.05) is 6.07 Å². The molecule has 0 radical (unpaired) electrons. The monoisotopic (exact) mass is 441 g/mol. The van der Waals surface area contributed by atoms with Crippen LogP contribution in [0, 0.1) is 17.8 Å². The Labute approximate surface area is 180 Å². The smallest absolute Gasteiger partial charge is 0.384 e. The Kier molecular flexibility index (Phi) is 7.26. The lowest BCUT2D eigenvalue weighted by Gasteiger charge is -2.27. The Bertz CT molecular complexity index is 800. The van der Waals surface area contributed by atoms with Crippen LogP contribution in [0.4, 0.5) is 13.2 Å². The molecule has 2 aliphatic rings. The van der Waals surface area contributed by atoms with Gasteiger partial charge in [-0.25, -0.2) is 0 Å². The molecule has 6 nitrogen and oxygen atoms in total. The molecule has 0 spiro atoms. The van der Waals surface area contributed by atoms with E-state index < -0.39 is 17.6 Å². The average molecular weight is 441 g/mol. The van der Waals surface area contributed by atoms with Crippen LogP contribution in [0.5, 0.6) is 0 Å². The Morgan fingerprint density at radius 3 is 2.65 bits per heavy atom. The number of rotatable bonds is 7. The van der Waals surface area contributed by atoms with Crippen LogP contribution in [-0.2, 0) is 15.7 Å². The lowest BCUT2D eigenvalue weighted by atomic mass is 9.92. The van der Waals surface area contributed by atoms with E-state index in [1.54, 1.807) is 7.11 Å². The minimum absolute atomic E-state index is 0.0396. The number of halogens is 3. The molecule has 1 aromatic carbocycles. The molecule has 9 heteroatoms. The highest BCUT2D eigenvalue weighted by Crippen LogP contribution is 2.43. The molecule has 2 amide bonds. The maximum absolute atomic E-state index is 12.8. The number of benzene rings is 1. The summed E-state index contributed by atoms with van der Waals surface area (Å²) in [5.41, 5.74) is -1.04. The molecule has 31 heavy (non-hydrogen) atoms. The van der Waals surface area contributed by atoms with Crippen molar-refractivity contribution in [3.8, 4) is 0 Å². The molecule has 3 rings (SSSR count). The van der Waals surface area contributed by atoms with Crippen molar-refractivity contribution in [2.75, 3.05) is 33.4 Å². The Morgan fingerprint density at radius 2 is 2.00 bits per heavy atom. The first-order chi connectivity index (χ1) is 14.6. The SMILES string of the molecule is COCC1C(NC(=O)CNC(=O)c2cccc(C(F)(F)F)c2)CC2CN(C(C)C)CC21. The van der Waals surface area contributed by atoms with Crippen molar-refractivity contribution in [2.24, 2.45) is 17.8 Å². The highest BCUT2D eigenvalue weighted by molar-refractivity contribution is 5.96. The van der Waals surface area contributed by atoms with Gasteiger partial charge in [-0.05, 0) is 50.3 Å². The van der Waals surface area contributed by atoms with E-state index in [4.69, 9.17) is 4.74 Å². The summed E-state index contributed by atoms with van der Waals surface area (Å²) in [6, 6.07) is 4.58. The largest absolute Gasteiger partial charge is 0.416 e. The summed E-state index contributed by atoms with van der Waals surface area (Å²) >= 11 is 0. The summed E-state index contributed by atoms with van der Waals surface area (Å²) in [5, 5.41) is 5.41. The van der Waals surface area contributed by atoms with E-state index in [1.807, 2.05) is 0 Å². The van der Waals surface area contributed by atoms with Crippen LogP contribution in [0.1, 0.15) is 36.2 Å². The molecule has 1 saturated heterocycles. The Hall–Kier alpha value is -2.13. The summed E-state index contributed by atoms with van der Waals surface area (Å²) in [7, 11) is 1.65. The van der Waals surface area contributed by atoms with Gasteiger partial charge >= 0.3 is 6.18 Å². The summed E-state index contributed by atoms with van der Waals surface area (Å²) in [6.07, 6.45) is -3.68. The highest BCUT2D eigenvalue weighted by atomic mass is 19.4. The number of hydrogen-bond donors (Lipinski definition) is 2. The van der Waals surface area contributed by atoms with Gasteiger partial charge in [0.15, 0.2) is 0 Å². The zero-order valence-electron chi connectivity index (χ0n) is 18.0. The van der Waals surface area contributed by atoms with Gasteiger partial charge < -0.3 is 20.3 Å². The number of hydrogen-bond acceptors (Lipinski definition) is 4. The molecule has 2 fully saturated rings. The van der Waals surface area contributed by atoms with E-state index in [-0.39, 0.29) is 30.0 Å². The summed E-state index contributed by atoms with van der Waals surface area (Å²) in [6.45, 7) is 6.60. The van der Waals surface area contributed by atoms with Gasteiger partial charge in [0.1, 0.15) is 0 Å². The van der Waals surface area contributed by atoms with Crippen LogP contribution >= 0.6 is 0 Å². The normalized spacial score (nSPS) is 26.2. The number of likely N-dealkylation sites (tertiary alicyclic amines) is 1. The molecule has 172 valence electrons. The highest BCUT2D eigenvalue weighted by Gasteiger charge is 2.48. The second kappa shape index (κ2) is 9.56. The zero-order chi connectivity index (χ0) is 22.8. The second-order valence-electron chi connectivity index (χ2n) is 8.76. The number of amides is 2. The standard InChI is InChI=1S/C22H30F3N3O3/c1-13(2)28-10-15-8-19(18(12-31-3)17(15)11-28)27-20(29)9-26-21(30)14-5-4-6-16(7-14)22(23,24)25/h4-7,13,15,17-19H,8-12H2,1-3H3,(H,26,30)(H,27,29). The first-order valence-corrected chi connectivity index (χ1v) is 10.6. The first-order valence-electron chi connectivity index (χ1n) is 10.6. The number of methoxy groups -OCH3 is 1. The second-order valence-corrected chi connectivity index (χ2v) is 8.76. The van der Waals surface area contributed by atoms with Crippen LogP contribution in [0.3, 0.4) is 0 Å². The topological polar surface area (TPSA) is 70.7 Å². The number of ether oxygens (including phenoxy) is 1. The third-order valence-corrected chi connectivity index (χ3v) is 6.44. The van der Waals surface area contributed by atoms with Crippen LogP contribution in [-0.4, -0.2) is 62.1 Å². The van der Waals surface area contributed by atoms with Gasteiger partial charge in [0, 0.05) is 43.8 Å². The van der Waals surface area contributed by atoms with Crippen LogP contribution in [0.15, 0.2) is 24.3 Å². The Balaban J connectivity index is 1.54. The van der Waals surface area contributed by atoms with E-state index in [2.05, 4.69) is 29.4 Å². The van der Waals surface area contributed by atoms with Gasteiger partial charge in [0.2, 0.25) is 5.91 Å². The van der Waals surface area contributed by atoms with Crippen molar-refractivity contribution in [1.82, 2.24) is 15.5 Å². The van der Waals surface area contributed by atoms with Crippen molar-refractivity contribution in [2.45, 2.75) is 38.5 Å². The van der Waals surface area contributed by atoms with Gasteiger partial charge in [-0.3, -0.25) is 9.59 Å². The van der Waals surface area contributed by atoms with Crippen LogP contribution < -0.4 is 10.6 Å². The van der Waals surface area contributed by atoms with E-state index in [0.29, 0.717) is 24.5 Å². The van der Waals surface area contributed by atoms with Gasteiger partial charge in [0.25, 0.3) is 5.91 Å². The van der Waals surface area contributed by atoms with E-state index in [0.717, 1.165) is 31.6 Å². The van der Waals surface area contributed by atoms with Gasteiger partial charge in [-0.2, -0.15) is 13.2 Å². The molecular formula is C22H30F3N3O3. The summed E-state index contributed by atoms with van der Waals surface area (Å²) < 4.78 is 43.9. The van der Waals surface area contributed by atoms with E-state index >= 15 is 0 Å². The maximum atomic E-state index is 12.8. The van der Waals surface area contributed by atoms with Crippen molar-refractivity contribution in [1.29, 1.82) is 0 Å². The molecule has 1 aromatic rings. The molecule has 1 aliphatic carbocycles.